The Morgan fingerprint density at radius 2 is 1.57 bits per heavy atom. The molecule has 0 saturated carbocycles. The average Bonchev–Trinajstić information content (AvgIpc) is 3.80. The zero-order valence-corrected chi connectivity index (χ0v) is 36.2. The zero-order valence-electron chi connectivity index (χ0n) is 34.7. The molecule has 2 saturated heterocycles. The number of nitrogens with one attached hydrogen (secondary N) is 1. The van der Waals surface area contributed by atoms with Gasteiger partial charge in [0.05, 0.1) is 24.8 Å². The van der Waals surface area contributed by atoms with Gasteiger partial charge in [0.15, 0.2) is 0 Å². The van der Waals surface area contributed by atoms with Crippen LogP contribution in [-0.2, 0) is 21.5 Å². The van der Waals surface area contributed by atoms with Crippen LogP contribution in [0.15, 0.2) is 89.9 Å². The molecule has 314 valence electrons. The molecule has 4 aromatic carbocycles. The lowest BCUT2D eigenvalue weighted by molar-refractivity contribution is -0.136. The molecule has 0 aromatic heterocycles. The largest absolute Gasteiger partial charge is 0.493 e. The number of amides is 5. The molecule has 0 aliphatic carbocycles. The number of piperazine rings is 1. The van der Waals surface area contributed by atoms with E-state index in [0.717, 1.165) is 33.4 Å². The average molecular weight is 860 g/mol. The molecule has 13 heteroatoms. The van der Waals surface area contributed by atoms with E-state index >= 15 is 4.79 Å². The molecular formula is C48H48Cl2N6O5. The Bertz CT molecular complexity index is 2460. The second-order valence-electron chi connectivity index (χ2n) is 16.8. The van der Waals surface area contributed by atoms with Gasteiger partial charge >= 0.3 is 6.03 Å². The number of halogens is 2. The summed E-state index contributed by atoms with van der Waals surface area (Å²) in [6.07, 6.45) is 0.497. The van der Waals surface area contributed by atoms with E-state index < -0.39 is 24.0 Å². The maximum Gasteiger partial charge on any atom is 0.326 e. The van der Waals surface area contributed by atoms with Gasteiger partial charge in [-0.3, -0.25) is 34.5 Å². The van der Waals surface area contributed by atoms with E-state index in [1.165, 1.54) is 4.90 Å². The second-order valence-corrected chi connectivity index (χ2v) is 17.7. The standard InChI is InChI=1S/C48H48Cl2N6O5/c1-5-61-40-28-33(48(2,3)4)15-20-37(40)44-52-42(31-11-16-34(49)17-12-31)43(32-13-18-35(50)19-14-32)56(44)47(60)54-26-24-53(25-27-54)23-7-9-30-8-6-10-36-38(30)29-55(46(36)59)39-21-22-41(57)51-45(39)58/h6,8,10-20,28,39,42-43H,5,21-27,29H2,1-4H3,(H,51,57,58). The van der Waals surface area contributed by atoms with Crippen molar-refractivity contribution in [3.05, 3.63) is 134 Å². The van der Waals surface area contributed by atoms with Gasteiger partial charge in [0.2, 0.25) is 11.8 Å². The van der Waals surface area contributed by atoms with Crippen molar-refractivity contribution in [3.63, 3.8) is 0 Å². The molecule has 4 aliphatic heterocycles. The summed E-state index contributed by atoms with van der Waals surface area (Å²) in [5, 5.41) is 3.56. The minimum atomic E-state index is -0.689. The maximum atomic E-state index is 15.1. The number of carbonyl (C=O) groups excluding carboxylic acids is 4. The van der Waals surface area contributed by atoms with Gasteiger partial charge in [-0.1, -0.05) is 92.2 Å². The highest BCUT2D eigenvalue weighted by Gasteiger charge is 2.45. The quantitative estimate of drug-likeness (QED) is 0.150. The van der Waals surface area contributed by atoms with Gasteiger partial charge in [-0.25, -0.2) is 4.79 Å². The predicted molar refractivity (Wildman–Crippen MR) is 236 cm³/mol. The van der Waals surface area contributed by atoms with Crippen molar-refractivity contribution in [2.75, 3.05) is 39.3 Å². The summed E-state index contributed by atoms with van der Waals surface area (Å²) in [6, 6.07) is 25.1. The molecule has 2 fully saturated rings. The highest BCUT2D eigenvalue weighted by atomic mass is 35.5. The number of hydrogen-bond acceptors (Lipinski definition) is 7. The SMILES string of the molecule is CCOc1cc(C(C)(C)C)ccc1C1=NC(c2ccc(Cl)cc2)C(c2ccc(Cl)cc2)N1C(=O)N1CCN(CC#Cc2cccc3c2CN(C2CCC(=O)NC2=O)C3=O)CC1. The Hall–Kier alpha value is -5.67. The molecule has 5 amide bonds. The molecule has 4 aromatic rings. The van der Waals surface area contributed by atoms with Gasteiger partial charge in [-0.2, -0.15) is 0 Å². The van der Waals surface area contributed by atoms with E-state index in [-0.39, 0.29) is 36.2 Å². The van der Waals surface area contributed by atoms with Crippen LogP contribution < -0.4 is 10.1 Å². The van der Waals surface area contributed by atoms with Crippen LogP contribution in [0.5, 0.6) is 5.75 Å². The van der Waals surface area contributed by atoms with Gasteiger partial charge < -0.3 is 14.5 Å². The van der Waals surface area contributed by atoms with Crippen LogP contribution in [-0.4, -0.2) is 94.6 Å². The van der Waals surface area contributed by atoms with Crippen LogP contribution in [0.2, 0.25) is 10.0 Å². The third kappa shape index (κ3) is 8.63. The third-order valence-corrected chi connectivity index (χ3v) is 12.3. The Balaban J connectivity index is 1.04. The Morgan fingerprint density at radius 3 is 2.23 bits per heavy atom. The summed E-state index contributed by atoms with van der Waals surface area (Å²) in [5.41, 5.74) is 5.59. The molecule has 8 rings (SSSR count). The summed E-state index contributed by atoms with van der Waals surface area (Å²) in [7, 11) is 0. The molecule has 11 nitrogen and oxygen atoms in total. The van der Waals surface area contributed by atoms with E-state index in [1.807, 2.05) is 77.4 Å². The molecule has 0 bridgehead atoms. The van der Waals surface area contributed by atoms with Gasteiger partial charge in [0, 0.05) is 60.3 Å². The minimum Gasteiger partial charge on any atom is -0.493 e. The molecule has 0 spiro atoms. The number of imide groups is 1. The van der Waals surface area contributed by atoms with Crippen LogP contribution in [0.3, 0.4) is 0 Å². The topological polar surface area (TPSA) is 115 Å². The first-order chi connectivity index (χ1) is 29.3. The highest BCUT2D eigenvalue weighted by Crippen LogP contribution is 2.46. The predicted octanol–water partition coefficient (Wildman–Crippen LogP) is 7.78. The molecule has 1 N–H and O–H groups in total. The number of nitrogens with zero attached hydrogens (tertiary/aromatic N) is 5. The molecule has 3 atom stereocenters. The normalized spacial score (nSPS) is 20.6. The number of ether oxygens (including phenoxy) is 1. The van der Waals surface area contributed by atoms with Crippen LogP contribution >= 0.6 is 23.2 Å². The van der Waals surface area contributed by atoms with Crippen molar-refractivity contribution in [2.45, 2.75) is 70.6 Å². The Labute approximate surface area is 366 Å². The van der Waals surface area contributed by atoms with E-state index in [2.05, 4.69) is 55.0 Å². The zero-order chi connectivity index (χ0) is 43.0. The minimum absolute atomic E-state index is 0.127. The van der Waals surface area contributed by atoms with Crippen LogP contribution in [0.25, 0.3) is 0 Å². The summed E-state index contributed by atoms with van der Waals surface area (Å²) < 4.78 is 6.29. The first kappa shape index (κ1) is 42.0. The fourth-order valence-electron chi connectivity index (χ4n) is 8.50. The lowest BCUT2D eigenvalue weighted by Gasteiger charge is -2.38. The maximum absolute atomic E-state index is 15.1. The third-order valence-electron chi connectivity index (χ3n) is 11.8. The molecule has 0 radical (unpaired) electrons. The number of urea groups is 1. The molecule has 4 heterocycles. The summed E-state index contributed by atoms with van der Waals surface area (Å²) in [6.45, 7) is 11.8. The summed E-state index contributed by atoms with van der Waals surface area (Å²) in [5.74, 6) is 6.79. The number of aliphatic imine (C=N–C) groups is 1. The number of amidine groups is 1. The number of hydrogen-bond donors (Lipinski definition) is 1. The van der Waals surface area contributed by atoms with Crippen LogP contribution in [0, 0.1) is 11.8 Å². The Morgan fingerprint density at radius 1 is 0.885 bits per heavy atom. The fourth-order valence-corrected chi connectivity index (χ4v) is 8.75. The number of piperidine rings is 1. The fraction of sp³-hybridized carbons (Fsp3) is 0.354. The van der Waals surface area contributed by atoms with Crippen LogP contribution in [0.4, 0.5) is 4.79 Å². The van der Waals surface area contributed by atoms with Gasteiger partial charge in [0.1, 0.15) is 23.7 Å². The van der Waals surface area contributed by atoms with E-state index in [1.54, 1.807) is 12.1 Å². The number of benzene rings is 4. The van der Waals surface area contributed by atoms with Crippen molar-refractivity contribution >= 4 is 52.8 Å². The van der Waals surface area contributed by atoms with Crippen molar-refractivity contribution in [1.29, 1.82) is 0 Å². The van der Waals surface area contributed by atoms with E-state index in [9.17, 15) is 14.4 Å². The summed E-state index contributed by atoms with van der Waals surface area (Å²) in [4.78, 5) is 65.6. The molecular weight excluding hydrogens is 811 g/mol. The highest BCUT2D eigenvalue weighted by molar-refractivity contribution is 6.30. The molecule has 61 heavy (non-hydrogen) atoms. The van der Waals surface area contributed by atoms with E-state index in [0.29, 0.717) is 72.9 Å². The summed E-state index contributed by atoms with van der Waals surface area (Å²) >= 11 is 12.8. The lowest BCUT2D eigenvalue weighted by atomic mass is 9.86. The van der Waals surface area contributed by atoms with Gasteiger partial charge in [-0.15, -0.1) is 0 Å². The van der Waals surface area contributed by atoms with Crippen LogP contribution in [0.1, 0.15) is 96.4 Å². The van der Waals surface area contributed by atoms with Crippen molar-refractivity contribution in [1.82, 2.24) is 24.9 Å². The number of rotatable bonds is 7. The van der Waals surface area contributed by atoms with Gasteiger partial charge in [0.25, 0.3) is 5.91 Å². The van der Waals surface area contributed by atoms with Gasteiger partial charge in [-0.05, 0) is 89.5 Å². The van der Waals surface area contributed by atoms with E-state index in [4.69, 9.17) is 32.9 Å². The van der Waals surface area contributed by atoms with Crippen molar-refractivity contribution in [3.8, 4) is 17.6 Å². The number of fused-ring (bicyclic) bond motifs is 1. The lowest BCUT2D eigenvalue weighted by Crippen LogP contribution is -2.54. The van der Waals surface area contributed by atoms with Crippen molar-refractivity contribution in [2.24, 2.45) is 4.99 Å². The number of carbonyl (C=O) groups is 4. The first-order valence-corrected chi connectivity index (χ1v) is 21.5. The Kier molecular flexibility index (Phi) is 12.0. The smallest absolute Gasteiger partial charge is 0.326 e. The monoisotopic (exact) mass is 858 g/mol. The second kappa shape index (κ2) is 17.4. The first-order valence-electron chi connectivity index (χ1n) is 20.7. The molecule has 3 unspecified atom stereocenters. The van der Waals surface area contributed by atoms with Crippen molar-refractivity contribution < 1.29 is 23.9 Å². The molecule has 4 aliphatic rings.